The smallest absolute Gasteiger partial charge is 0.478 e. The number of non-ortho nitro benzene ring substituents is 1. The van der Waals surface area contributed by atoms with Crippen LogP contribution in [0.2, 0.25) is 0 Å². The second-order valence-electron chi connectivity index (χ2n) is 4.17. The molecule has 0 unspecified atom stereocenters. The summed E-state index contributed by atoms with van der Waals surface area (Å²) in [7, 11) is 0. The lowest BCUT2D eigenvalue weighted by molar-refractivity contribution is -0.384. The Kier molecular flexibility index (Phi) is 4.82. The van der Waals surface area contributed by atoms with E-state index in [4.69, 9.17) is 9.84 Å². The monoisotopic (exact) mass is 322 g/mol. The number of aliphatic carboxylic acids is 1. The molecule has 0 aliphatic heterocycles. The Hall–Kier alpha value is -3.50. The number of carboxylic acid groups (broad SMARTS) is 1. The Morgan fingerprint density at radius 1 is 1.35 bits per heavy atom. The summed E-state index contributed by atoms with van der Waals surface area (Å²) in [5.74, 6) is -1.41. The summed E-state index contributed by atoms with van der Waals surface area (Å²) in [5, 5.41) is 23.2. The van der Waals surface area contributed by atoms with Crippen molar-refractivity contribution in [1.82, 2.24) is 14.8 Å². The van der Waals surface area contributed by atoms with Crippen molar-refractivity contribution in [2.45, 2.75) is 12.6 Å². The fourth-order valence-electron chi connectivity index (χ4n) is 1.54. The van der Waals surface area contributed by atoms with E-state index in [1.807, 2.05) is 0 Å². The van der Waals surface area contributed by atoms with Crippen LogP contribution >= 0.6 is 0 Å². The molecule has 2 aromatic rings. The van der Waals surface area contributed by atoms with Crippen molar-refractivity contribution in [1.29, 1.82) is 0 Å². The van der Waals surface area contributed by atoms with Gasteiger partial charge in [0.2, 0.25) is 6.10 Å². The van der Waals surface area contributed by atoms with E-state index in [2.05, 4.69) is 14.8 Å². The standard InChI is InChI=1S/C12H10N4O7/c17-11(18)10(5-15-7-13-6-14-15)23-12(19)22-9-3-1-8(2-4-9)16(20)21/h1-4,6-7,10H,5H2,(H,17,18)/t10-/m1/s1. The number of nitrogens with zero attached hydrogens (tertiary/aromatic N) is 4. The number of carbonyl (C=O) groups is 2. The van der Waals surface area contributed by atoms with Crippen molar-refractivity contribution in [3.8, 4) is 5.75 Å². The van der Waals surface area contributed by atoms with Gasteiger partial charge in [-0.15, -0.1) is 0 Å². The van der Waals surface area contributed by atoms with Gasteiger partial charge in [-0.1, -0.05) is 0 Å². The molecule has 11 heteroatoms. The number of carbonyl (C=O) groups excluding carboxylic acids is 1. The molecule has 0 aliphatic rings. The highest BCUT2D eigenvalue weighted by molar-refractivity contribution is 5.76. The number of benzene rings is 1. The topological polar surface area (TPSA) is 147 Å². The van der Waals surface area contributed by atoms with Crippen LogP contribution in [0.15, 0.2) is 36.9 Å². The maximum absolute atomic E-state index is 11.6. The first kappa shape index (κ1) is 15.9. The molecule has 2 rings (SSSR count). The van der Waals surface area contributed by atoms with Gasteiger partial charge in [-0.25, -0.2) is 19.3 Å². The van der Waals surface area contributed by atoms with Crippen molar-refractivity contribution in [3.05, 3.63) is 47.0 Å². The van der Waals surface area contributed by atoms with Gasteiger partial charge in [0.05, 0.1) is 11.5 Å². The first-order valence-corrected chi connectivity index (χ1v) is 6.14. The maximum Gasteiger partial charge on any atom is 0.514 e. The summed E-state index contributed by atoms with van der Waals surface area (Å²) in [6.45, 7) is -0.245. The van der Waals surface area contributed by atoms with Gasteiger partial charge in [-0.05, 0) is 12.1 Å². The third-order valence-corrected chi connectivity index (χ3v) is 2.58. The lowest BCUT2D eigenvalue weighted by Crippen LogP contribution is -2.32. The van der Waals surface area contributed by atoms with E-state index in [9.17, 15) is 19.7 Å². The third kappa shape index (κ3) is 4.49. The number of ether oxygens (including phenoxy) is 2. The van der Waals surface area contributed by atoms with Gasteiger partial charge in [-0.2, -0.15) is 5.10 Å². The van der Waals surface area contributed by atoms with Crippen molar-refractivity contribution in [3.63, 3.8) is 0 Å². The van der Waals surface area contributed by atoms with Crippen LogP contribution in [0.1, 0.15) is 0 Å². The van der Waals surface area contributed by atoms with Gasteiger partial charge < -0.3 is 14.6 Å². The molecule has 1 aromatic heterocycles. The highest BCUT2D eigenvalue weighted by atomic mass is 16.7. The first-order chi connectivity index (χ1) is 11.0. The van der Waals surface area contributed by atoms with E-state index in [-0.39, 0.29) is 18.0 Å². The number of nitro benzene ring substituents is 1. The van der Waals surface area contributed by atoms with E-state index >= 15 is 0 Å². The minimum absolute atomic E-state index is 0.0227. The van der Waals surface area contributed by atoms with E-state index in [0.717, 1.165) is 12.1 Å². The SMILES string of the molecule is O=C(Oc1ccc([N+](=O)[O-])cc1)O[C@H](Cn1cncn1)C(=O)O. The number of hydrogen-bond acceptors (Lipinski definition) is 8. The first-order valence-electron chi connectivity index (χ1n) is 6.14. The second-order valence-corrected chi connectivity index (χ2v) is 4.17. The van der Waals surface area contributed by atoms with Gasteiger partial charge in [0.1, 0.15) is 18.4 Å². The van der Waals surface area contributed by atoms with Crippen LogP contribution in [0.5, 0.6) is 5.75 Å². The Balaban J connectivity index is 1.96. The molecule has 0 fully saturated rings. The Labute approximate surface area is 128 Å². The average Bonchev–Trinajstić information content (AvgIpc) is 3.00. The molecular formula is C12H10N4O7. The predicted molar refractivity (Wildman–Crippen MR) is 71.7 cm³/mol. The zero-order valence-electron chi connectivity index (χ0n) is 11.4. The zero-order valence-corrected chi connectivity index (χ0v) is 11.4. The number of nitro groups is 1. The molecule has 0 amide bonds. The van der Waals surface area contributed by atoms with Crippen LogP contribution in [-0.4, -0.2) is 43.0 Å². The van der Waals surface area contributed by atoms with Crippen LogP contribution in [0, 0.1) is 10.1 Å². The van der Waals surface area contributed by atoms with Crippen LogP contribution in [-0.2, 0) is 16.1 Å². The molecule has 0 aliphatic carbocycles. The maximum atomic E-state index is 11.6. The molecule has 0 spiro atoms. The molecule has 1 heterocycles. The van der Waals surface area contributed by atoms with Gasteiger partial charge in [0.15, 0.2) is 0 Å². The van der Waals surface area contributed by atoms with Crippen LogP contribution < -0.4 is 4.74 Å². The lowest BCUT2D eigenvalue weighted by atomic mass is 10.3. The molecule has 1 N–H and O–H groups in total. The Morgan fingerprint density at radius 2 is 2.04 bits per heavy atom. The van der Waals surface area contributed by atoms with Gasteiger partial charge in [-0.3, -0.25) is 10.1 Å². The van der Waals surface area contributed by atoms with Crippen LogP contribution in [0.4, 0.5) is 10.5 Å². The van der Waals surface area contributed by atoms with E-state index in [0.29, 0.717) is 0 Å². The van der Waals surface area contributed by atoms with Gasteiger partial charge in [0, 0.05) is 12.1 Å². The number of carboxylic acids is 1. The molecule has 0 saturated carbocycles. The molecule has 1 aromatic carbocycles. The van der Waals surface area contributed by atoms with E-state index in [1.165, 1.54) is 29.5 Å². The summed E-state index contributed by atoms with van der Waals surface area (Å²) >= 11 is 0. The van der Waals surface area contributed by atoms with Crippen molar-refractivity contribution < 1.29 is 29.1 Å². The van der Waals surface area contributed by atoms with Crippen LogP contribution in [0.25, 0.3) is 0 Å². The molecule has 0 saturated heterocycles. The largest absolute Gasteiger partial charge is 0.514 e. The normalized spacial score (nSPS) is 11.5. The molecule has 0 radical (unpaired) electrons. The quantitative estimate of drug-likeness (QED) is 0.354. The number of rotatable bonds is 6. The summed E-state index contributed by atoms with van der Waals surface area (Å²) in [5.41, 5.74) is -0.180. The molecule has 0 bridgehead atoms. The van der Waals surface area contributed by atoms with Gasteiger partial charge in [0.25, 0.3) is 5.69 Å². The predicted octanol–water partition coefficient (Wildman–Crippen LogP) is 0.855. The minimum atomic E-state index is -1.53. The summed E-state index contributed by atoms with van der Waals surface area (Å²) in [4.78, 5) is 36.2. The fraction of sp³-hybridized carbons (Fsp3) is 0.167. The molecule has 120 valence electrons. The minimum Gasteiger partial charge on any atom is -0.478 e. The van der Waals surface area contributed by atoms with E-state index < -0.39 is 23.2 Å². The average molecular weight is 322 g/mol. The molecule has 11 nitrogen and oxygen atoms in total. The highest BCUT2D eigenvalue weighted by Gasteiger charge is 2.24. The summed E-state index contributed by atoms with van der Waals surface area (Å²) in [6.07, 6.45) is -0.316. The van der Waals surface area contributed by atoms with Gasteiger partial charge >= 0.3 is 12.1 Å². The van der Waals surface area contributed by atoms with Crippen LogP contribution in [0.3, 0.4) is 0 Å². The van der Waals surface area contributed by atoms with Crippen molar-refractivity contribution in [2.24, 2.45) is 0 Å². The Bertz CT molecular complexity index is 699. The van der Waals surface area contributed by atoms with Crippen molar-refractivity contribution in [2.75, 3.05) is 0 Å². The van der Waals surface area contributed by atoms with Crippen molar-refractivity contribution >= 4 is 17.8 Å². The Morgan fingerprint density at radius 3 is 2.57 bits per heavy atom. The second kappa shape index (κ2) is 6.98. The highest BCUT2D eigenvalue weighted by Crippen LogP contribution is 2.18. The number of aromatic nitrogens is 3. The third-order valence-electron chi connectivity index (χ3n) is 2.58. The molecular weight excluding hydrogens is 312 g/mol. The number of hydrogen-bond donors (Lipinski definition) is 1. The summed E-state index contributed by atoms with van der Waals surface area (Å²) in [6, 6.07) is 4.64. The molecule has 23 heavy (non-hydrogen) atoms. The fourth-order valence-corrected chi connectivity index (χ4v) is 1.54. The lowest BCUT2D eigenvalue weighted by Gasteiger charge is -2.13. The van der Waals surface area contributed by atoms with E-state index in [1.54, 1.807) is 0 Å². The zero-order chi connectivity index (χ0) is 16.8. The molecule has 1 atom stereocenters. The summed E-state index contributed by atoms with van der Waals surface area (Å²) < 4.78 is 10.6.